The highest BCUT2D eigenvalue weighted by molar-refractivity contribution is 7.80. The third-order valence-corrected chi connectivity index (χ3v) is 14.1. The molecule has 0 radical (unpaired) electrons. The smallest absolute Gasteiger partial charge is 0.327 e. The number of benzene rings is 2. The monoisotopic (exact) mass is 1130 g/mol. The second-order valence-electron chi connectivity index (χ2n) is 19.9. The number of amides is 8. The molecule has 0 unspecified atom stereocenters. The first-order valence-corrected chi connectivity index (χ1v) is 27.0. The van der Waals surface area contributed by atoms with Gasteiger partial charge in [0, 0.05) is 54.4 Å². The Kier molecular flexibility index (Phi) is 24.7. The molecule has 2 aromatic carbocycles. The van der Waals surface area contributed by atoms with Crippen molar-refractivity contribution in [2.24, 2.45) is 17.6 Å². The molecular formula is C52H74N10O14S2. The van der Waals surface area contributed by atoms with Crippen LogP contribution in [0.3, 0.4) is 0 Å². The van der Waals surface area contributed by atoms with Gasteiger partial charge in [-0.1, -0.05) is 64.4 Å². The number of aliphatic hydroxyl groups is 1. The van der Waals surface area contributed by atoms with Crippen LogP contribution in [0.5, 0.6) is 5.75 Å². The third kappa shape index (κ3) is 18.4. The molecule has 2 heterocycles. The highest BCUT2D eigenvalue weighted by Crippen LogP contribution is 2.22. The van der Waals surface area contributed by atoms with Gasteiger partial charge in [0.1, 0.15) is 54.1 Å². The number of aromatic hydroxyl groups is 1. The highest BCUT2D eigenvalue weighted by Gasteiger charge is 2.40. The number of nitrogens with zero attached hydrogens (tertiary/aromatic N) is 1. The third-order valence-electron chi connectivity index (χ3n) is 13.4. The average molecular weight is 1130 g/mol. The lowest BCUT2D eigenvalue weighted by molar-refractivity contribution is -0.141. The number of hydrogen-bond acceptors (Lipinski definition) is 15. The Morgan fingerprint density at radius 2 is 1.27 bits per heavy atom. The number of para-hydroxylation sites is 1. The van der Waals surface area contributed by atoms with Gasteiger partial charge in [0.05, 0.1) is 12.1 Å². The van der Waals surface area contributed by atoms with E-state index in [-0.39, 0.29) is 49.0 Å². The Balaban J connectivity index is 1.62. The molecule has 1 aromatic heterocycles. The van der Waals surface area contributed by atoms with Crippen LogP contribution in [-0.2, 0) is 60.8 Å². The molecule has 11 atom stereocenters. The summed E-state index contributed by atoms with van der Waals surface area (Å²) in [5, 5.41) is 58.7. The van der Waals surface area contributed by atoms with E-state index in [2.05, 4.69) is 67.5 Å². The number of likely N-dealkylation sites (tertiary alicyclic amines) is 1. The van der Waals surface area contributed by atoms with Crippen molar-refractivity contribution >= 4 is 95.4 Å². The average Bonchev–Trinajstić information content (AvgIpc) is 4.08. The van der Waals surface area contributed by atoms with Crippen LogP contribution in [0.15, 0.2) is 54.7 Å². The number of nitrogens with one attached hydrogen (secondary N) is 8. The summed E-state index contributed by atoms with van der Waals surface area (Å²) in [7, 11) is 0. The van der Waals surface area contributed by atoms with E-state index in [0.717, 1.165) is 0 Å². The van der Waals surface area contributed by atoms with Crippen molar-refractivity contribution in [2.45, 2.75) is 146 Å². The molecule has 0 bridgehead atoms. The Labute approximate surface area is 462 Å². The summed E-state index contributed by atoms with van der Waals surface area (Å²) >= 11 is 8.12. The van der Waals surface area contributed by atoms with E-state index in [1.54, 1.807) is 58.2 Å². The summed E-state index contributed by atoms with van der Waals surface area (Å²) in [5.74, 6) is -10.8. The van der Waals surface area contributed by atoms with E-state index in [1.807, 2.05) is 0 Å². The van der Waals surface area contributed by atoms with Crippen molar-refractivity contribution in [1.82, 2.24) is 47.1 Å². The molecular weight excluding hydrogens is 1050 g/mol. The predicted molar refractivity (Wildman–Crippen MR) is 293 cm³/mol. The summed E-state index contributed by atoms with van der Waals surface area (Å²) in [6.45, 7) is 8.40. The summed E-state index contributed by atoms with van der Waals surface area (Å²) in [4.78, 5) is 140. The molecule has 1 fully saturated rings. The second kappa shape index (κ2) is 30.3. The standard InChI is InChI=1S/C52H74N10O14S2/c1-6-27(4)42(60-48(71)40-12-9-19-62(40)51(74)33(53)24-77)49(72)61-43(28(5)63)50(73)58-36(20-26(2)3)45(68)55-35(17-18-41(65)66)44(67)57-38(22-30-23-54-34-11-8-7-10-32(30)34)47(70)56-37(21-29-13-15-31(64)16-14-29)46(69)59-39(25-78)52(75)76/h7-8,10-11,13-16,23,26-28,33,35-40,42-43,54,63-64,77-78H,6,9,12,17-22,24-25,53H2,1-5H3,(H,55,68)(H,56,70)(H,57,67)(H,58,73)(H,59,69)(H,60,71)(H,61,72)(H,65,66)(H,75,76)/t27-,28+,33-,35-,36-,37-,38-,39-,40-,42-,43-/m0/s1. The maximum Gasteiger partial charge on any atom is 0.327 e. The van der Waals surface area contributed by atoms with Gasteiger partial charge in [-0.2, -0.15) is 25.3 Å². The lowest BCUT2D eigenvalue weighted by Crippen LogP contribution is -2.62. The van der Waals surface area contributed by atoms with E-state index in [0.29, 0.717) is 41.3 Å². The number of phenols is 1. The van der Waals surface area contributed by atoms with Gasteiger partial charge in [-0.05, 0) is 73.8 Å². The lowest BCUT2D eigenvalue weighted by atomic mass is 9.96. The molecule has 1 aliphatic rings. The zero-order chi connectivity index (χ0) is 58.0. The molecule has 0 saturated carbocycles. The predicted octanol–water partition coefficient (Wildman–Crippen LogP) is -0.347. The Hall–Kier alpha value is -6.90. The zero-order valence-corrected chi connectivity index (χ0v) is 46.0. The first-order chi connectivity index (χ1) is 36.9. The van der Waals surface area contributed by atoms with Gasteiger partial charge < -0.3 is 73.3 Å². The first kappa shape index (κ1) is 63.6. The molecule has 24 nitrogen and oxygen atoms in total. The highest BCUT2D eigenvalue weighted by atomic mass is 32.1. The zero-order valence-electron chi connectivity index (χ0n) is 44.2. The number of nitrogens with two attached hydrogens (primary N) is 1. The quantitative estimate of drug-likeness (QED) is 0.0380. The SMILES string of the molecule is CC[C@H](C)[C@H](NC(=O)[C@@H]1CCCN1C(=O)[C@@H](N)CS)C(=O)N[C@H](C(=O)N[C@@H](CC(C)C)C(=O)N[C@@H](CCC(=O)O)C(=O)N[C@@H](Cc1c[nH]c2ccccc12)C(=O)N[C@@H](Cc1ccc(O)cc1)C(=O)N[C@@H](CS)C(=O)O)[C@@H](C)O. The number of rotatable bonds is 30. The molecule has 4 rings (SSSR count). The van der Waals surface area contributed by atoms with Gasteiger partial charge in [0.15, 0.2) is 0 Å². The first-order valence-electron chi connectivity index (χ1n) is 25.7. The summed E-state index contributed by atoms with van der Waals surface area (Å²) in [5.41, 5.74) is 7.57. The normalized spacial score (nSPS) is 17.2. The molecule has 1 aliphatic heterocycles. The maximum absolute atomic E-state index is 14.5. The number of H-pyrrole nitrogens is 1. The Morgan fingerprint density at radius 1 is 0.705 bits per heavy atom. The van der Waals surface area contributed by atoms with Crippen LogP contribution in [0.25, 0.3) is 10.9 Å². The van der Waals surface area contributed by atoms with Crippen molar-refractivity contribution in [3.63, 3.8) is 0 Å². The van der Waals surface area contributed by atoms with Crippen LogP contribution in [0.2, 0.25) is 0 Å². The van der Waals surface area contributed by atoms with Crippen molar-refractivity contribution in [3.05, 3.63) is 65.9 Å². The number of phenolic OH excluding ortho intramolecular Hbond substituents is 1. The molecule has 428 valence electrons. The topological polar surface area (TPSA) is 381 Å². The molecule has 78 heavy (non-hydrogen) atoms. The number of thiol groups is 2. The number of aromatic amines is 1. The van der Waals surface area contributed by atoms with E-state index in [9.17, 15) is 68.4 Å². The minimum atomic E-state index is -1.70. The molecule has 1 saturated heterocycles. The van der Waals surface area contributed by atoms with Gasteiger partial charge in [-0.3, -0.25) is 43.2 Å². The van der Waals surface area contributed by atoms with E-state index >= 15 is 0 Å². The van der Waals surface area contributed by atoms with E-state index in [1.165, 1.54) is 36.1 Å². The van der Waals surface area contributed by atoms with Crippen molar-refractivity contribution < 1.29 is 68.4 Å². The summed E-state index contributed by atoms with van der Waals surface area (Å²) in [6.07, 6.45) is -0.467. The van der Waals surface area contributed by atoms with Gasteiger partial charge in [0.2, 0.25) is 47.3 Å². The van der Waals surface area contributed by atoms with E-state index in [4.69, 9.17) is 5.73 Å². The molecule has 14 N–H and O–H groups in total. The number of aliphatic hydroxyl groups excluding tert-OH is 1. The number of carboxylic acid groups (broad SMARTS) is 2. The number of fused-ring (bicyclic) bond motifs is 1. The number of hydrogen-bond donors (Lipinski definition) is 15. The summed E-state index contributed by atoms with van der Waals surface area (Å²) < 4.78 is 0. The van der Waals surface area contributed by atoms with Gasteiger partial charge >= 0.3 is 11.9 Å². The molecule has 0 spiro atoms. The van der Waals surface area contributed by atoms with Crippen molar-refractivity contribution in [2.75, 3.05) is 18.1 Å². The summed E-state index contributed by atoms with van der Waals surface area (Å²) in [6, 6.07) is 0.272. The Bertz CT molecular complexity index is 2600. The van der Waals surface area contributed by atoms with Crippen molar-refractivity contribution in [3.8, 4) is 5.75 Å². The number of carbonyl (C=O) groups excluding carboxylic acids is 8. The second-order valence-corrected chi connectivity index (χ2v) is 20.6. The van der Waals surface area contributed by atoms with Crippen LogP contribution < -0.4 is 43.0 Å². The fourth-order valence-corrected chi connectivity index (χ4v) is 9.18. The van der Waals surface area contributed by atoms with Crippen LogP contribution in [0.4, 0.5) is 0 Å². The minimum absolute atomic E-state index is 0.0477. The van der Waals surface area contributed by atoms with Crippen molar-refractivity contribution in [1.29, 1.82) is 0 Å². The number of aromatic nitrogens is 1. The van der Waals surface area contributed by atoms with Crippen LogP contribution in [-0.4, -0.2) is 168 Å². The molecule has 3 aromatic rings. The largest absolute Gasteiger partial charge is 0.508 e. The molecule has 0 aliphatic carbocycles. The Morgan fingerprint density at radius 3 is 1.85 bits per heavy atom. The van der Waals surface area contributed by atoms with Crippen LogP contribution in [0, 0.1) is 11.8 Å². The lowest BCUT2D eigenvalue weighted by Gasteiger charge is -2.31. The fourth-order valence-electron chi connectivity index (χ4n) is 8.78. The van der Waals surface area contributed by atoms with Gasteiger partial charge in [-0.15, -0.1) is 0 Å². The van der Waals surface area contributed by atoms with Crippen LogP contribution in [0.1, 0.15) is 84.3 Å². The van der Waals surface area contributed by atoms with Gasteiger partial charge in [0.25, 0.3) is 0 Å². The minimum Gasteiger partial charge on any atom is -0.508 e. The maximum atomic E-state index is 14.5. The number of carbonyl (C=O) groups is 10. The fraction of sp³-hybridized carbons (Fsp3) is 0.538. The van der Waals surface area contributed by atoms with Crippen LogP contribution >= 0.6 is 25.3 Å². The van der Waals surface area contributed by atoms with E-state index < -0.39 is 138 Å². The van der Waals surface area contributed by atoms with Gasteiger partial charge in [-0.25, -0.2) is 4.79 Å². The molecule has 26 heteroatoms. The number of carboxylic acids is 2. The molecule has 8 amide bonds. The number of aliphatic carboxylic acids is 2.